The van der Waals surface area contributed by atoms with Gasteiger partial charge in [-0.15, -0.1) is 0 Å². The predicted molar refractivity (Wildman–Crippen MR) is 224 cm³/mol. The second kappa shape index (κ2) is 18.9. The second-order valence-corrected chi connectivity index (χ2v) is 18.5. The first-order chi connectivity index (χ1) is 29.7. The molecule has 0 N–H and O–H groups in total. The van der Waals surface area contributed by atoms with Gasteiger partial charge in [0.1, 0.15) is 25.3 Å². The number of benzene rings is 2. The Hall–Kier alpha value is -4.82. The highest BCUT2D eigenvalue weighted by molar-refractivity contribution is 5.84. The fourth-order valence-corrected chi connectivity index (χ4v) is 10.9. The Bertz CT molecular complexity index is 1880. The van der Waals surface area contributed by atoms with Crippen molar-refractivity contribution in [2.24, 2.45) is 11.8 Å². The summed E-state index contributed by atoms with van der Waals surface area (Å²) in [5.41, 5.74) is 1.93. The number of hydrogen-bond acceptors (Lipinski definition) is 12. The van der Waals surface area contributed by atoms with E-state index < -0.39 is 35.7 Å². The Balaban J connectivity index is 0.920. The number of fused-ring (bicyclic) bond motifs is 4. The molecule has 2 aromatic carbocycles. The fourth-order valence-electron chi connectivity index (χ4n) is 10.9. The van der Waals surface area contributed by atoms with E-state index in [1.165, 1.54) is 0 Å². The monoisotopic (exact) mass is 860 g/mol. The van der Waals surface area contributed by atoms with Crippen LogP contribution in [-0.2, 0) is 51.3 Å². The first kappa shape index (κ1) is 45.2. The zero-order valence-electron chi connectivity index (χ0n) is 37.2. The van der Waals surface area contributed by atoms with Crippen molar-refractivity contribution >= 4 is 35.8 Å². The molecule has 1 saturated carbocycles. The number of carbonyl (C=O) groups excluding carboxylic acids is 6. The molecule has 2 aromatic rings. The first-order valence-electron chi connectivity index (χ1n) is 22.8. The zero-order chi connectivity index (χ0) is 44.3. The molecule has 14 heteroatoms. The Morgan fingerprint density at radius 3 is 1.06 bits per heavy atom. The van der Waals surface area contributed by atoms with E-state index >= 15 is 0 Å². The molecule has 14 nitrogen and oxygen atoms in total. The Labute approximate surface area is 364 Å². The standard InChI is InChI=1S/C48H64N2O12/c1-7-43(51)59-39-19-11-29(21-41(39)61-45(53)9-3)27-49(5)31-13-14-32(49)24-35(23-31)57-47(55)37-17-18-38(37)48(56)58-36-25-33-15-16-34(26-36)50(33,6)28-30-12-20-40(60-44(52)8-2)42(22-30)62-46(54)10-4/h11-12,19-22,31-38H,7-10,13-18,23-28H2,1-6H3/q+2/t31?,32?,33?,34?,35-,36?,37?,38?,49-,50?. The lowest BCUT2D eigenvalue weighted by atomic mass is 9.73. The highest BCUT2D eigenvalue weighted by Gasteiger charge is 2.55. The minimum absolute atomic E-state index is 0.191. The lowest BCUT2D eigenvalue weighted by Crippen LogP contribution is -2.59. The molecule has 0 radical (unpaired) electrons. The van der Waals surface area contributed by atoms with Crippen molar-refractivity contribution < 1.29 is 66.2 Å². The SMILES string of the molecule is CCC(=O)Oc1ccc(C[N+]2(C)C3CCC2CC(OC(=O)C2CCC2C(=O)O[C@H]2CC4CCC(C2)[N@@+]4(C)Cc2ccc(OC(=O)CC)c(OC(=O)CC)c2)C3)cc1OC(=O)CC. The molecule has 5 fully saturated rings. The minimum Gasteiger partial charge on any atom is -0.462 e. The van der Waals surface area contributed by atoms with Crippen molar-refractivity contribution in [2.45, 2.75) is 167 Å². The van der Waals surface area contributed by atoms with Crippen LogP contribution >= 0.6 is 0 Å². The zero-order valence-corrected chi connectivity index (χ0v) is 37.2. The Morgan fingerprint density at radius 2 is 0.774 bits per heavy atom. The lowest BCUT2D eigenvalue weighted by molar-refractivity contribution is -0.961. The summed E-state index contributed by atoms with van der Waals surface area (Å²) in [6.45, 7) is 8.22. The average molecular weight is 861 g/mol. The van der Waals surface area contributed by atoms with E-state index in [4.69, 9.17) is 28.4 Å². The molecule has 7 rings (SSSR count). The predicted octanol–water partition coefficient (Wildman–Crippen LogP) is 7.04. The summed E-state index contributed by atoms with van der Waals surface area (Å²) in [6, 6.07) is 11.9. The number of nitrogens with zero attached hydrogens (tertiary/aromatic N) is 2. The van der Waals surface area contributed by atoms with E-state index in [-0.39, 0.29) is 97.0 Å². The summed E-state index contributed by atoms with van der Waals surface area (Å²) >= 11 is 0. The maximum Gasteiger partial charge on any atom is 0.311 e. The second-order valence-electron chi connectivity index (χ2n) is 18.5. The van der Waals surface area contributed by atoms with Crippen molar-refractivity contribution in [1.82, 2.24) is 0 Å². The maximum atomic E-state index is 13.7. The number of carbonyl (C=O) groups is 6. The molecular formula is C48H64N2O12+2. The third-order valence-corrected chi connectivity index (χ3v) is 14.7. The third-order valence-electron chi connectivity index (χ3n) is 14.7. The van der Waals surface area contributed by atoms with Crippen molar-refractivity contribution in [1.29, 1.82) is 0 Å². The molecule has 4 heterocycles. The van der Waals surface area contributed by atoms with E-state index in [1.54, 1.807) is 52.0 Å². The van der Waals surface area contributed by atoms with Crippen LogP contribution in [0.2, 0.25) is 0 Å². The van der Waals surface area contributed by atoms with Gasteiger partial charge in [0.25, 0.3) is 0 Å². The lowest BCUT2D eigenvalue weighted by Gasteiger charge is -2.47. The van der Waals surface area contributed by atoms with Crippen LogP contribution in [0.3, 0.4) is 0 Å². The molecule has 0 spiro atoms. The smallest absolute Gasteiger partial charge is 0.311 e. The van der Waals surface area contributed by atoms with E-state index in [0.717, 1.165) is 71.5 Å². The fraction of sp³-hybridized carbons (Fsp3) is 0.625. The Morgan fingerprint density at radius 1 is 0.468 bits per heavy atom. The van der Waals surface area contributed by atoms with Gasteiger partial charge in [-0.1, -0.05) is 27.7 Å². The van der Waals surface area contributed by atoms with Gasteiger partial charge >= 0.3 is 35.8 Å². The van der Waals surface area contributed by atoms with Crippen LogP contribution in [0.4, 0.5) is 0 Å². The van der Waals surface area contributed by atoms with Crippen LogP contribution in [0.25, 0.3) is 0 Å². The number of hydrogen-bond donors (Lipinski definition) is 0. The summed E-state index contributed by atoms with van der Waals surface area (Å²) in [5.74, 6) is -2.29. The van der Waals surface area contributed by atoms with Crippen LogP contribution in [-0.4, -0.2) is 95.3 Å². The van der Waals surface area contributed by atoms with Gasteiger partial charge in [-0.05, 0) is 49.2 Å². The topological polar surface area (TPSA) is 158 Å². The van der Waals surface area contributed by atoms with E-state index in [1.807, 2.05) is 12.1 Å². The minimum atomic E-state index is -0.496. The van der Waals surface area contributed by atoms with Crippen molar-refractivity contribution in [2.75, 3.05) is 14.1 Å². The molecule has 5 aliphatic rings. The molecule has 6 unspecified atom stereocenters. The van der Waals surface area contributed by atoms with Crippen LogP contribution in [0.1, 0.15) is 129 Å². The van der Waals surface area contributed by atoms with E-state index in [0.29, 0.717) is 25.9 Å². The summed E-state index contributed by atoms with van der Waals surface area (Å²) in [4.78, 5) is 75.9. The summed E-state index contributed by atoms with van der Waals surface area (Å²) < 4.78 is 36.0. The average Bonchev–Trinajstić information content (AvgIpc) is 3.45. The number of rotatable bonds is 16. The molecule has 6 atom stereocenters. The van der Waals surface area contributed by atoms with Crippen molar-refractivity contribution in [3.8, 4) is 23.0 Å². The largest absolute Gasteiger partial charge is 0.462 e. The van der Waals surface area contributed by atoms with Crippen LogP contribution in [0, 0.1) is 11.8 Å². The molecule has 62 heavy (non-hydrogen) atoms. The molecule has 0 amide bonds. The molecular weight excluding hydrogens is 797 g/mol. The Kier molecular flexibility index (Phi) is 13.8. The normalized spacial score (nSPS) is 30.7. The summed E-state index contributed by atoms with van der Waals surface area (Å²) in [5, 5.41) is 0. The van der Waals surface area contributed by atoms with Gasteiger partial charge < -0.3 is 37.4 Å². The summed E-state index contributed by atoms with van der Waals surface area (Å²) in [6.07, 6.45) is 8.52. The van der Waals surface area contributed by atoms with Gasteiger partial charge in [0.2, 0.25) is 0 Å². The van der Waals surface area contributed by atoms with Crippen molar-refractivity contribution in [3.63, 3.8) is 0 Å². The molecule has 1 aliphatic carbocycles. The number of esters is 6. The highest BCUT2D eigenvalue weighted by Crippen LogP contribution is 2.47. The van der Waals surface area contributed by atoms with E-state index in [2.05, 4.69) is 14.1 Å². The van der Waals surface area contributed by atoms with Gasteiger partial charge in [0, 0.05) is 88.2 Å². The molecule has 4 saturated heterocycles. The van der Waals surface area contributed by atoms with Gasteiger partial charge in [0.05, 0.1) is 50.1 Å². The highest BCUT2D eigenvalue weighted by atomic mass is 16.6. The van der Waals surface area contributed by atoms with Crippen LogP contribution in [0.15, 0.2) is 36.4 Å². The molecule has 0 aromatic heterocycles. The van der Waals surface area contributed by atoms with Gasteiger partial charge in [0.15, 0.2) is 23.0 Å². The van der Waals surface area contributed by atoms with Crippen LogP contribution < -0.4 is 18.9 Å². The quantitative estimate of drug-likeness (QED) is 0.0965. The van der Waals surface area contributed by atoms with Crippen LogP contribution in [0.5, 0.6) is 23.0 Å². The summed E-state index contributed by atoms with van der Waals surface area (Å²) in [7, 11) is 4.49. The first-order valence-corrected chi connectivity index (χ1v) is 22.8. The van der Waals surface area contributed by atoms with Gasteiger partial charge in [-0.3, -0.25) is 28.8 Å². The number of quaternary nitrogens is 2. The molecule has 336 valence electrons. The molecule has 4 bridgehead atoms. The number of ether oxygens (including phenoxy) is 6. The molecule has 4 aliphatic heterocycles. The maximum absolute atomic E-state index is 13.7. The van der Waals surface area contributed by atoms with Crippen molar-refractivity contribution in [3.05, 3.63) is 47.5 Å². The number of piperidine rings is 2. The van der Waals surface area contributed by atoms with Gasteiger partial charge in [-0.2, -0.15) is 0 Å². The third kappa shape index (κ3) is 9.56. The van der Waals surface area contributed by atoms with Gasteiger partial charge in [-0.25, -0.2) is 0 Å². The van der Waals surface area contributed by atoms with E-state index in [9.17, 15) is 28.8 Å².